The lowest BCUT2D eigenvalue weighted by Crippen LogP contribution is -2.26. The minimum Gasteiger partial charge on any atom is -0.393 e. The van der Waals surface area contributed by atoms with Gasteiger partial charge in [0.25, 0.3) is 0 Å². The molecule has 0 amide bonds. The summed E-state index contributed by atoms with van der Waals surface area (Å²) < 4.78 is 0.957. The molecule has 0 aliphatic heterocycles. The Morgan fingerprint density at radius 1 is 1.31 bits per heavy atom. The molecule has 5 nitrogen and oxygen atoms in total. The first-order chi connectivity index (χ1) is 7.66. The van der Waals surface area contributed by atoms with Gasteiger partial charge in [0.1, 0.15) is 12.0 Å². The van der Waals surface area contributed by atoms with Gasteiger partial charge < -0.3 is 10.6 Å². The van der Waals surface area contributed by atoms with Crippen molar-refractivity contribution in [3.8, 4) is 5.75 Å². The molecule has 6 heteroatoms. The summed E-state index contributed by atoms with van der Waals surface area (Å²) in [7, 11) is 0. The van der Waals surface area contributed by atoms with Crippen LogP contribution >= 0.6 is 11.6 Å². The highest BCUT2D eigenvalue weighted by Gasteiger charge is 2.02. The maximum absolute atomic E-state index is 11.5. The maximum Gasteiger partial charge on any atom is 0.309 e. The van der Waals surface area contributed by atoms with Crippen LogP contribution in [0.4, 0.5) is 5.69 Å². The second-order valence-corrected chi connectivity index (χ2v) is 3.46. The third kappa shape index (κ3) is 2.14. The first-order valence-electron chi connectivity index (χ1n) is 4.43. The van der Waals surface area contributed by atoms with Crippen LogP contribution < -0.4 is 16.1 Å². The van der Waals surface area contributed by atoms with E-state index in [0.717, 1.165) is 4.73 Å². The monoisotopic (exact) mass is 237 g/mol. The van der Waals surface area contributed by atoms with Gasteiger partial charge in [0, 0.05) is 5.02 Å². The Hall–Kier alpha value is -2.01. The van der Waals surface area contributed by atoms with E-state index in [1.54, 1.807) is 24.3 Å². The van der Waals surface area contributed by atoms with Crippen molar-refractivity contribution in [3.63, 3.8) is 0 Å². The molecule has 0 unspecified atom stereocenters. The molecule has 1 aromatic heterocycles. The summed E-state index contributed by atoms with van der Waals surface area (Å²) in [6.45, 7) is 0. The van der Waals surface area contributed by atoms with E-state index in [2.05, 4.69) is 4.98 Å². The van der Waals surface area contributed by atoms with E-state index in [-0.39, 0.29) is 5.69 Å². The fourth-order valence-corrected chi connectivity index (χ4v) is 1.21. The Kier molecular flexibility index (Phi) is 2.78. The van der Waals surface area contributed by atoms with Gasteiger partial charge in [0.2, 0.25) is 0 Å². The van der Waals surface area contributed by atoms with Crippen LogP contribution in [0.1, 0.15) is 0 Å². The van der Waals surface area contributed by atoms with Gasteiger partial charge in [-0.15, -0.1) is 4.73 Å². The predicted molar refractivity (Wildman–Crippen MR) is 60.4 cm³/mol. The molecule has 2 rings (SSSR count). The van der Waals surface area contributed by atoms with Crippen LogP contribution in [0.2, 0.25) is 5.02 Å². The molecular weight excluding hydrogens is 230 g/mol. The van der Waals surface area contributed by atoms with Gasteiger partial charge in [0.05, 0.1) is 6.20 Å². The van der Waals surface area contributed by atoms with Gasteiger partial charge in [-0.25, -0.2) is 4.98 Å². The highest BCUT2D eigenvalue weighted by atomic mass is 35.5. The number of rotatable bonds is 2. The molecule has 1 heterocycles. The van der Waals surface area contributed by atoms with E-state index >= 15 is 0 Å². The number of anilines is 1. The van der Waals surface area contributed by atoms with Crippen molar-refractivity contribution in [1.82, 2.24) is 9.71 Å². The van der Waals surface area contributed by atoms with Gasteiger partial charge in [-0.3, -0.25) is 4.79 Å². The fourth-order valence-electron chi connectivity index (χ4n) is 1.08. The summed E-state index contributed by atoms with van der Waals surface area (Å²) in [6.07, 6.45) is 2.51. The number of nitrogens with two attached hydrogens (primary N) is 1. The molecule has 0 aliphatic rings. The molecule has 0 aliphatic carbocycles. The molecule has 2 N–H and O–H groups in total. The molecular formula is C10H8ClN3O2. The number of aromatic nitrogens is 2. The van der Waals surface area contributed by atoms with Crippen LogP contribution in [0.25, 0.3) is 0 Å². The number of benzene rings is 1. The minimum absolute atomic E-state index is 0.0245. The molecule has 16 heavy (non-hydrogen) atoms. The predicted octanol–water partition coefficient (Wildman–Crippen LogP) is 1.32. The fraction of sp³-hybridized carbons (Fsp3) is 0. The Morgan fingerprint density at radius 2 is 2.00 bits per heavy atom. The summed E-state index contributed by atoms with van der Waals surface area (Å²) >= 11 is 5.71. The zero-order valence-electron chi connectivity index (χ0n) is 8.13. The Labute approximate surface area is 96.0 Å². The van der Waals surface area contributed by atoms with Gasteiger partial charge in [-0.05, 0) is 24.3 Å². The molecule has 0 saturated heterocycles. The summed E-state index contributed by atoms with van der Waals surface area (Å²) in [4.78, 5) is 20.5. The smallest absolute Gasteiger partial charge is 0.309 e. The van der Waals surface area contributed by atoms with Crippen molar-refractivity contribution in [1.29, 1.82) is 0 Å². The number of hydrogen-bond acceptors (Lipinski definition) is 4. The average molecular weight is 238 g/mol. The van der Waals surface area contributed by atoms with Crippen LogP contribution in [0.3, 0.4) is 0 Å². The zero-order chi connectivity index (χ0) is 11.5. The molecule has 0 radical (unpaired) electrons. The lowest BCUT2D eigenvalue weighted by atomic mass is 10.3. The quantitative estimate of drug-likeness (QED) is 0.855. The van der Waals surface area contributed by atoms with E-state index in [9.17, 15) is 4.79 Å². The van der Waals surface area contributed by atoms with E-state index in [4.69, 9.17) is 22.2 Å². The van der Waals surface area contributed by atoms with Gasteiger partial charge >= 0.3 is 5.56 Å². The molecule has 0 spiro atoms. The van der Waals surface area contributed by atoms with Crippen molar-refractivity contribution >= 4 is 17.3 Å². The Morgan fingerprint density at radius 3 is 2.69 bits per heavy atom. The van der Waals surface area contributed by atoms with Gasteiger partial charge in [-0.2, -0.15) is 0 Å². The highest BCUT2D eigenvalue weighted by Crippen LogP contribution is 2.15. The molecule has 82 valence electrons. The lowest BCUT2D eigenvalue weighted by molar-refractivity contribution is 0.201. The summed E-state index contributed by atoms with van der Waals surface area (Å²) in [6, 6.07) is 6.58. The molecule has 0 saturated carbocycles. The van der Waals surface area contributed by atoms with E-state index in [1.165, 1.54) is 12.5 Å². The molecule has 1 aromatic carbocycles. The average Bonchev–Trinajstić information content (AvgIpc) is 2.28. The topological polar surface area (TPSA) is 70.1 Å². The minimum atomic E-state index is -0.454. The van der Waals surface area contributed by atoms with Crippen LogP contribution in [0.5, 0.6) is 5.75 Å². The van der Waals surface area contributed by atoms with Crippen molar-refractivity contribution in [2.45, 2.75) is 0 Å². The second-order valence-electron chi connectivity index (χ2n) is 3.03. The Balaban J connectivity index is 2.31. The highest BCUT2D eigenvalue weighted by molar-refractivity contribution is 6.30. The van der Waals surface area contributed by atoms with E-state index in [0.29, 0.717) is 10.8 Å². The first kappa shape index (κ1) is 10.5. The number of hydrogen-bond donors (Lipinski definition) is 1. The third-order valence-corrected chi connectivity index (χ3v) is 2.10. The summed E-state index contributed by atoms with van der Waals surface area (Å²) in [5, 5.41) is 0.588. The molecule has 2 aromatic rings. The zero-order valence-corrected chi connectivity index (χ0v) is 8.89. The second kappa shape index (κ2) is 4.24. The number of nitrogen functional groups attached to an aromatic ring is 1. The largest absolute Gasteiger partial charge is 0.393 e. The lowest BCUT2D eigenvalue weighted by Gasteiger charge is -2.06. The van der Waals surface area contributed by atoms with E-state index in [1.807, 2.05) is 0 Å². The van der Waals surface area contributed by atoms with Gasteiger partial charge in [-0.1, -0.05) is 11.6 Å². The number of nitrogens with zero attached hydrogens (tertiary/aromatic N) is 2. The van der Waals surface area contributed by atoms with Crippen LogP contribution in [-0.2, 0) is 0 Å². The van der Waals surface area contributed by atoms with Crippen molar-refractivity contribution in [2.24, 2.45) is 0 Å². The van der Waals surface area contributed by atoms with Crippen LogP contribution in [0.15, 0.2) is 41.6 Å². The van der Waals surface area contributed by atoms with Crippen LogP contribution in [0, 0.1) is 0 Å². The van der Waals surface area contributed by atoms with E-state index < -0.39 is 5.56 Å². The Bertz CT molecular complexity index is 551. The van der Waals surface area contributed by atoms with Crippen molar-refractivity contribution < 1.29 is 4.84 Å². The number of halogens is 1. The van der Waals surface area contributed by atoms with Crippen molar-refractivity contribution in [3.05, 3.63) is 52.2 Å². The molecule has 0 bridgehead atoms. The molecule has 0 atom stereocenters. The van der Waals surface area contributed by atoms with Crippen molar-refractivity contribution in [2.75, 3.05) is 5.73 Å². The first-order valence-corrected chi connectivity index (χ1v) is 4.80. The standard InChI is InChI=1S/C10H8ClN3O2/c11-7-1-3-8(4-2-7)16-14-6-13-5-9(12)10(14)15/h1-6H,12H2. The van der Waals surface area contributed by atoms with Crippen LogP contribution in [-0.4, -0.2) is 9.71 Å². The summed E-state index contributed by atoms with van der Waals surface area (Å²) in [5.41, 5.74) is 4.97. The van der Waals surface area contributed by atoms with Gasteiger partial charge in [0.15, 0.2) is 5.75 Å². The SMILES string of the molecule is Nc1cncn(Oc2ccc(Cl)cc2)c1=O. The maximum atomic E-state index is 11.5. The molecule has 0 fully saturated rings. The summed E-state index contributed by atoms with van der Waals surface area (Å²) in [5.74, 6) is 0.471. The normalized spacial score (nSPS) is 10.1. The third-order valence-electron chi connectivity index (χ3n) is 1.85.